The Bertz CT molecular complexity index is 1140. The lowest BCUT2D eigenvalue weighted by molar-refractivity contribution is -0.192. The second kappa shape index (κ2) is 10.7. The Morgan fingerprint density at radius 2 is 1.69 bits per heavy atom. The number of aliphatic carboxylic acids is 1. The topological polar surface area (TPSA) is 114 Å². The van der Waals surface area contributed by atoms with Gasteiger partial charge in [-0.05, 0) is 38.1 Å². The third kappa shape index (κ3) is 7.15. The van der Waals surface area contributed by atoms with E-state index in [9.17, 15) is 18.0 Å². The average Bonchev–Trinajstić information content (AvgIpc) is 3.24. The molecule has 9 nitrogen and oxygen atoms in total. The Hall–Kier alpha value is -3.67. The van der Waals surface area contributed by atoms with Crippen LogP contribution >= 0.6 is 0 Å². The van der Waals surface area contributed by atoms with Crippen molar-refractivity contribution < 1.29 is 27.9 Å². The largest absolute Gasteiger partial charge is 0.490 e. The summed E-state index contributed by atoms with van der Waals surface area (Å²) in [6.07, 6.45) is -3.41. The number of carboxylic acid groups (broad SMARTS) is 1. The Morgan fingerprint density at radius 3 is 2.29 bits per heavy atom. The van der Waals surface area contributed by atoms with Gasteiger partial charge in [0.05, 0.1) is 5.39 Å². The van der Waals surface area contributed by atoms with Crippen LogP contribution in [0.2, 0.25) is 0 Å². The first kappa shape index (κ1) is 25.9. The fraction of sp³-hybridized carbons (Fsp3) is 0.391. The minimum absolute atomic E-state index is 0.150. The molecule has 4 rings (SSSR count). The van der Waals surface area contributed by atoms with E-state index in [1.807, 2.05) is 18.2 Å². The van der Waals surface area contributed by atoms with Crippen LogP contribution in [-0.4, -0.2) is 81.5 Å². The van der Waals surface area contributed by atoms with Gasteiger partial charge in [0.1, 0.15) is 5.69 Å². The van der Waals surface area contributed by atoms with Crippen molar-refractivity contribution in [2.75, 3.05) is 37.6 Å². The molecule has 0 saturated carbocycles. The fourth-order valence-corrected chi connectivity index (χ4v) is 3.79. The number of para-hydroxylation sites is 1. The summed E-state index contributed by atoms with van der Waals surface area (Å²) in [6.45, 7) is 8.86. The van der Waals surface area contributed by atoms with Crippen molar-refractivity contribution in [2.45, 2.75) is 25.6 Å². The highest BCUT2D eigenvalue weighted by Crippen LogP contribution is 2.18. The van der Waals surface area contributed by atoms with E-state index in [1.54, 1.807) is 6.20 Å². The highest BCUT2D eigenvalue weighted by molar-refractivity contribution is 6.04. The van der Waals surface area contributed by atoms with Crippen LogP contribution in [0, 0.1) is 0 Å². The summed E-state index contributed by atoms with van der Waals surface area (Å²) in [6, 6.07) is 14.2. The Kier molecular flexibility index (Phi) is 7.95. The lowest BCUT2D eigenvalue weighted by Gasteiger charge is -2.40. The van der Waals surface area contributed by atoms with Gasteiger partial charge in [0.2, 0.25) is 0 Å². The van der Waals surface area contributed by atoms with Crippen molar-refractivity contribution in [3.8, 4) is 0 Å². The van der Waals surface area contributed by atoms with E-state index < -0.39 is 12.1 Å². The standard InChI is InChI=1S/C21H26N6O.C2HF3O2/c1-21(2,23-20(28)18-17-9-6-10-22-19(17)25-24-18)15-26-11-13-27(14-12-26)16-7-4-3-5-8-16;3-2(4,5)1(6)7/h3-10H,11-15H2,1-2H3,(H,23,28)(H,22,24,25);(H,6,7). The molecule has 3 N–H and O–H groups in total. The molecule has 35 heavy (non-hydrogen) atoms. The number of aromatic amines is 1. The van der Waals surface area contributed by atoms with E-state index in [2.05, 4.69) is 68.4 Å². The predicted octanol–water partition coefficient (Wildman–Crippen LogP) is 2.92. The van der Waals surface area contributed by atoms with Gasteiger partial charge in [-0.3, -0.25) is 14.8 Å². The lowest BCUT2D eigenvalue weighted by Crippen LogP contribution is -2.56. The summed E-state index contributed by atoms with van der Waals surface area (Å²) in [5.74, 6) is -2.91. The Labute approximate surface area is 199 Å². The molecule has 0 aliphatic carbocycles. The lowest BCUT2D eigenvalue weighted by atomic mass is 10.0. The molecule has 12 heteroatoms. The number of carboxylic acids is 1. The average molecular weight is 493 g/mol. The summed E-state index contributed by atoms with van der Waals surface area (Å²) in [7, 11) is 0. The maximum absolute atomic E-state index is 12.8. The summed E-state index contributed by atoms with van der Waals surface area (Å²) in [4.78, 5) is 30.7. The maximum atomic E-state index is 12.8. The van der Waals surface area contributed by atoms with Crippen molar-refractivity contribution in [1.82, 2.24) is 25.4 Å². The molecule has 1 aliphatic heterocycles. The number of hydrogen-bond acceptors (Lipinski definition) is 6. The quantitative estimate of drug-likeness (QED) is 0.502. The van der Waals surface area contributed by atoms with Crippen LogP contribution in [0.3, 0.4) is 0 Å². The van der Waals surface area contributed by atoms with Crippen molar-refractivity contribution in [2.24, 2.45) is 0 Å². The highest BCUT2D eigenvalue weighted by atomic mass is 19.4. The number of hydrogen-bond donors (Lipinski definition) is 3. The minimum Gasteiger partial charge on any atom is -0.475 e. The molecule has 1 aliphatic rings. The normalized spacial score (nSPS) is 14.8. The molecular formula is C23H27F3N6O3. The zero-order chi connectivity index (χ0) is 25.6. The number of carbonyl (C=O) groups excluding carboxylic acids is 1. The van der Waals surface area contributed by atoms with Crippen LogP contribution in [0.15, 0.2) is 48.7 Å². The monoisotopic (exact) mass is 492 g/mol. The molecule has 0 atom stereocenters. The molecule has 0 unspecified atom stereocenters. The number of H-pyrrole nitrogens is 1. The molecule has 188 valence electrons. The van der Waals surface area contributed by atoms with E-state index in [4.69, 9.17) is 9.90 Å². The minimum atomic E-state index is -5.08. The van der Waals surface area contributed by atoms with E-state index in [-0.39, 0.29) is 11.4 Å². The summed E-state index contributed by atoms with van der Waals surface area (Å²) < 4.78 is 31.7. The highest BCUT2D eigenvalue weighted by Gasteiger charge is 2.38. The summed E-state index contributed by atoms with van der Waals surface area (Å²) in [5.41, 5.74) is 1.94. The van der Waals surface area contributed by atoms with Crippen LogP contribution in [0.4, 0.5) is 18.9 Å². The number of piperazine rings is 1. The smallest absolute Gasteiger partial charge is 0.475 e. The van der Waals surface area contributed by atoms with Crippen molar-refractivity contribution in [3.63, 3.8) is 0 Å². The number of halogens is 3. The van der Waals surface area contributed by atoms with Crippen LogP contribution in [0.25, 0.3) is 11.0 Å². The molecular weight excluding hydrogens is 465 g/mol. The number of nitrogens with one attached hydrogen (secondary N) is 2. The number of alkyl halides is 3. The zero-order valence-electron chi connectivity index (χ0n) is 19.3. The van der Waals surface area contributed by atoms with Gasteiger partial charge >= 0.3 is 12.1 Å². The number of rotatable bonds is 5. The van der Waals surface area contributed by atoms with Gasteiger partial charge in [-0.15, -0.1) is 0 Å². The van der Waals surface area contributed by atoms with Crippen LogP contribution in [-0.2, 0) is 4.79 Å². The molecule has 1 amide bonds. The van der Waals surface area contributed by atoms with Gasteiger partial charge in [0.15, 0.2) is 5.65 Å². The van der Waals surface area contributed by atoms with E-state index in [1.165, 1.54) is 5.69 Å². The molecule has 3 heterocycles. The second-order valence-electron chi connectivity index (χ2n) is 8.71. The van der Waals surface area contributed by atoms with Crippen LogP contribution in [0.1, 0.15) is 24.3 Å². The third-order valence-electron chi connectivity index (χ3n) is 5.36. The maximum Gasteiger partial charge on any atom is 0.490 e. The number of anilines is 1. The van der Waals surface area contributed by atoms with Gasteiger partial charge < -0.3 is 15.3 Å². The van der Waals surface area contributed by atoms with Crippen LogP contribution in [0.5, 0.6) is 0 Å². The number of nitrogens with zero attached hydrogens (tertiary/aromatic N) is 4. The Balaban J connectivity index is 0.000000429. The van der Waals surface area contributed by atoms with Gasteiger partial charge in [0, 0.05) is 50.1 Å². The first-order chi connectivity index (χ1) is 16.5. The van der Waals surface area contributed by atoms with E-state index in [0.29, 0.717) is 11.3 Å². The van der Waals surface area contributed by atoms with Crippen molar-refractivity contribution in [1.29, 1.82) is 0 Å². The zero-order valence-corrected chi connectivity index (χ0v) is 19.3. The number of pyridine rings is 1. The molecule has 1 fully saturated rings. The molecule has 2 aromatic heterocycles. The summed E-state index contributed by atoms with van der Waals surface area (Å²) in [5, 5.41) is 17.9. The van der Waals surface area contributed by atoms with Gasteiger partial charge in [-0.1, -0.05) is 18.2 Å². The Morgan fingerprint density at radius 1 is 1.06 bits per heavy atom. The second-order valence-corrected chi connectivity index (χ2v) is 8.71. The number of amides is 1. The molecule has 0 radical (unpaired) electrons. The molecule has 3 aromatic rings. The molecule has 0 bridgehead atoms. The van der Waals surface area contributed by atoms with Crippen LogP contribution < -0.4 is 10.2 Å². The van der Waals surface area contributed by atoms with Gasteiger partial charge in [-0.2, -0.15) is 18.3 Å². The van der Waals surface area contributed by atoms with Gasteiger partial charge in [-0.25, -0.2) is 9.78 Å². The molecule has 1 aromatic carbocycles. The van der Waals surface area contributed by atoms with Crippen molar-refractivity contribution in [3.05, 3.63) is 54.4 Å². The predicted molar refractivity (Wildman–Crippen MR) is 124 cm³/mol. The number of fused-ring (bicyclic) bond motifs is 1. The van der Waals surface area contributed by atoms with Gasteiger partial charge in [0.25, 0.3) is 5.91 Å². The van der Waals surface area contributed by atoms with Crippen molar-refractivity contribution >= 4 is 28.6 Å². The SMILES string of the molecule is CC(C)(CN1CCN(c2ccccc2)CC1)NC(=O)c1[nH]nc2ncccc12.O=C(O)C(F)(F)F. The number of carbonyl (C=O) groups is 2. The summed E-state index contributed by atoms with van der Waals surface area (Å²) >= 11 is 0. The molecule has 0 spiro atoms. The van der Waals surface area contributed by atoms with E-state index >= 15 is 0 Å². The first-order valence-corrected chi connectivity index (χ1v) is 10.9. The molecule has 1 saturated heterocycles. The number of benzene rings is 1. The van der Waals surface area contributed by atoms with E-state index in [0.717, 1.165) is 38.1 Å². The first-order valence-electron chi connectivity index (χ1n) is 10.9. The fourth-order valence-electron chi connectivity index (χ4n) is 3.79. The number of aromatic nitrogens is 3. The third-order valence-corrected chi connectivity index (χ3v) is 5.36.